The first-order valence-corrected chi connectivity index (χ1v) is 11.2. The van der Waals surface area contributed by atoms with Gasteiger partial charge in [0.15, 0.2) is 5.78 Å². The van der Waals surface area contributed by atoms with Crippen LogP contribution in [0.15, 0.2) is 78.9 Å². The molecular weight excluding hydrogens is 366 g/mol. The second-order valence-corrected chi connectivity index (χ2v) is 8.41. The van der Waals surface area contributed by atoms with Crippen LogP contribution in [-0.4, -0.2) is 17.9 Å². The van der Waals surface area contributed by atoms with E-state index in [0.717, 1.165) is 16.7 Å². The van der Waals surface area contributed by atoms with Crippen LogP contribution < -0.4 is 5.32 Å². The number of nitrogens with one attached hydrogen (secondary N) is 1. The third kappa shape index (κ3) is 4.88. The van der Waals surface area contributed by atoms with Gasteiger partial charge in [0.25, 0.3) is 0 Å². The van der Waals surface area contributed by atoms with Crippen LogP contribution in [0.4, 0.5) is 0 Å². The summed E-state index contributed by atoms with van der Waals surface area (Å²) in [6, 6.07) is 28.1. The van der Waals surface area contributed by atoms with Gasteiger partial charge < -0.3 is 5.32 Å². The lowest BCUT2D eigenvalue weighted by Crippen LogP contribution is -2.30. The number of benzene rings is 3. The van der Waals surface area contributed by atoms with Crippen molar-refractivity contribution in [2.24, 2.45) is 0 Å². The van der Waals surface area contributed by atoms with E-state index in [-0.39, 0.29) is 5.78 Å². The summed E-state index contributed by atoms with van der Waals surface area (Å²) < 4.78 is 0. The highest BCUT2D eigenvalue weighted by molar-refractivity contribution is 5.97. The van der Waals surface area contributed by atoms with Crippen LogP contribution in [0.5, 0.6) is 0 Å². The second kappa shape index (κ2) is 9.40. The lowest BCUT2D eigenvalue weighted by molar-refractivity contribution is 0.0993. The highest BCUT2D eigenvalue weighted by atomic mass is 16.1. The predicted octanol–water partition coefficient (Wildman–Crippen LogP) is 6.41. The topological polar surface area (TPSA) is 29.1 Å². The highest BCUT2D eigenvalue weighted by Crippen LogP contribution is 2.41. The van der Waals surface area contributed by atoms with Gasteiger partial charge in [0.2, 0.25) is 0 Å². The maximum Gasteiger partial charge on any atom is 0.167 e. The monoisotopic (exact) mass is 397 g/mol. The molecule has 0 aromatic heterocycles. The van der Waals surface area contributed by atoms with Gasteiger partial charge in [-0.15, -0.1) is 0 Å². The van der Waals surface area contributed by atoms with Crippen molar-refractivity contribution >= 4 is 5.78 Å². The number of rotatable bonds is 9. The molecule has 1 aliphatic rings. The Morgan fingerprint density at radius 2 is 1.50 bits per heavy atom. The number of hydrogen-bond donors (Lipinski definition) is 1. The standard InChI is InChI=1S/C28H31NO/c1-3-25(4-2)29-27-19-26(27)23-12-10-20(11-13-23)18-28(30)24-16-14-22(15-17-24)21-8-6-5-7-9-21/h5-17,25-27,29H,3-4,18-19H2,1-2H3. The van der Waals surface area contributed by atoms with E-state index in [4.69, 9.17) is 0 Å². The van der Waals surface area contributed by atoms with Crippen LogP contribution in [0, 0.1) is 0 Å². The smallest absolute Gasteiger partial charge is 0.167 e. The number of carbonyl (C=O) groups excluding carboxylic acids is 1. The van der Waals surface area contributed by atoms with Gasteiger partial charge in [-0.05, 0) is 41.5 Å². The van der Waals surface area contributed by atoms with Crippen molar-refractivity contribution in [3.63, 3.8) is 0 Å². The Hall–Kier alpha value is -2.71. The van der Waals surface area contributed by atoms with Crippen LogP contribution in [-0.2, 0) is 6.42 Å². The second-order valence-electron chi connectivity index (χ2n) is 8.41. The Morgan fingerprint density at radius 3 is 2.13 bits per heavy atom. The molecule has 2 heteroatoms. The molecule has 0 aliphatic heterocycles. The summed E-state index contributed by atoms with van der Waals surface area (Å²) in [5.41, 5.74) is 5.56. The van der Waals surface area contributed by atoms with E-state index in [9.17, 15) is 4.79 Å². The van der Waals surface area contributed by atoms with Gasteiger partial charge in [-0.3, -0.25) is 4.79 Å². The van der Waals surface area contributed by atoms with E-state index >= 15 is 0 Å². The Kier molecular flexibility index (Phi) is 6.44. The fourth-order valence-corrected chi connectivity index (χ4v) is 4.22. The van der Waals surface area contributed by atoms with Crippen LogP contribution in [0.25, 0.3) is 11.1 Å². The first-order valence-electron chi connectivity index (χ1n) is 11.2. The molecule has 0 heterocycles. The van der Waals surface area contributed by atoms with Gasteiger partial charge in [-0.25, -0.2) is 0 Å². The molecule has 1 N–H and O–H groups in total. The van der Waals surface area contributed by atoms with E-state index in [1.54, 1.807) is 0 Å². The first-order chi connectivity index (χ1) is 14.7. The molecule has 2 unspecified atom stereocenters. The van der Waals surface area contributed by atoms with Crippen molar-refractivity contribution in [3.05, 3.63) is 95.6 Å². The summed E-state index contributed by atoms with van der Waals surface area (Å²) in [7, 11) is 0. The Bertz CT molecular complexity index is 956. The van der Waals surface area contributed by atoms with Gasteiger partial charge >= 0.3 is 0 Å². The maximum absolute atomic E-state index is 12.7. The van der Waals surface area contributed by atoms with Gasteiger partial charge in [-0.1, -0.05) is 92.7 Å². The third-order valence-corrected chi connectivity index (χ3v) is 6.31. The van der Waals surface area contributed by atoms with Crippen molar-refractivity contribution in [2.75, 3.05) is 0 Å². The summed E-state index contributed by atoms with van der Waals surface area (Å²) in [6.07, 6.45) is 4.05. The van der Waals surface area contributed by atoms with Crippen LogP contribution >= 0.6 is 0 Å². The summed E-state index contributed by atoms with van der Waals surface area (Å²) in [5.74, 6) is 0.794. The van der Waals surface area contributed by atoms with E-state index in [0.29, 0.717) is 24.4 Å². The van der Waals surface area contributed by atoms with E-state index < -0.39 is 0 Å². The molecular formula is C28H31NO. The van der Waals surface area contributed by atoms with Gasteiger partial charge in [-0.2, -0.15) is 0 Å². The molecule has 1 aliphatic carbocycles. The minimum absolute atomic E-state index is 0.169. The summed E-state index contributed by atoms with van der Waals surface area (Å²) >= 11 is 0. The minimum atomic E-state index is 0.169. The fraction of sp³-hybridized carbons (Fsp3) is 0.321. The zero-order valence-corrected chi connectivity index (χ0v) is 18.0. The summed E-state index contributed by atoms with van der Waals surface area (Å²) in [6.45, 7) is 4.50. The molecule has 2 atom stereocenters. The molecule has 4 rings (SSSR count). The number of hydrogen-bond acceptors (Lipinski definition) is 2. The molecule has 154 valence electrons. The van der Waals surface area contributed by atoms with Gasteiger partial charge in [0.1, 0.15) is 0 Å². The maximum atomic E-state index is 12.7. The van der Waals surface area contributed by atoms with E-state index in [2.05, 4.69) is 55.6 Å². The number of Topliss-reactive ketones (excluding diaryl/α,β-unsaturated/α-hetero) is 1. The van der Waals surface area contributed by atoms with E-state index in [1.807, 2.05) is 42.5 Å². The lowest BCUT2D eigenvalue weighted by Gasteiger charge is -2.14. The van der Waals surface area contributed by atoms with Crippen molar-refractivity contribution < 1.29 is 4.79 Å². The van der Waals surface area contributed by atoms with Crippen molar-refractivity contribution in [2.45, 2.75) is 57.5 Å². The minimum Gasteiger partial charge on any atom is -0.311 e. The normalized spacial score (nSPS) is 17.8. The first kappa shape index (κ1) is 20.6. The molecule has 30 heavy (non-hydrogen) atoms. The molecule has 3 aromatic carbocycles. The van der Waals surface area contributed by atoms with Gasteiger partial charge in [0, 0.05) is 30.0 Å². The predicted molar refractivity (Wildman–Crippen MR) is 125 cm³/mol. The molecule has 1 saturated carbocycles. The molecule has 0 radical (unpaired) electrons. The molecule has 0 saturated heterocycles. The largest absolute Gasteiger partial charge is 0.311 e. The van der Waals surface area contributed by atoms with Crippen LogP contribution in [0.2, 0.25) is 0 Å². The summed E-state index contributed by atoms with van der Waals surface area (Å²) in [5, 5.41) is 3.77. The molecule has 3 aromatic rings. The fourth-order valence-electron chi connectivity index (χ4n) is 4.22. The van der Waals surface area contributed by atoms with Crippen molar-refractivity contribution in [1.29, 1.82) is 0 Å². The van der Waals surface area contributed by atoms with Crippen molar-refractivity contribution in [3.8, 4) is 11.1 Å². The quantitative estimate of drug-likeness (QED) is 0.423. The molecule has 0 spiro atoms. The number of carbonyl (C=O) groups is 1. The molecule has 0 bridgehead atoms. The Balaban J connectivity index is 1.34. The lowest BCUT2D eigenvalue weighted by atomic mass is 9.98. The third-order valence-electron chi connectivity index (χ3n) is 6.31. The zero-order chi connectivity index (χ0) is 20.9. The average Bonchev–Trinajstić information content (AvgIpc) is 3.58. The molecule has 2 nitrogen and oxygen atoms in total. The Morgan fingerprint density at radius 1 is 0.867 bits per heavy atom. The molecule has 0 amide bonds. The Labute approximate surface area is 180 Å². The molecule has 1 fully saturated rings. The van der Waals surface area contributed by atoms with Crippen LogP contribution in [0.1, 0.15) is 60.5 Å². The zero-order valence-electron chi connectivity index (χ0n) is 18.0. The highest BCUT2D eigenvalue weighted by Gasteiger charge is 2.38. The van der Waals surface area contributed by atoms with Crippen LogP contribution in [0.3, 0.4) is 0 Å². The van der Waals surface area contributed by atoms with E-state index in [1.165, 1.54) is 30.4 Å². The van der Waals surface area contributed by atoms with Gasteiger partial charge in [0.05, 0.1) is 0 Å². The number of ketones is 1. The SMILES string of the molecule is CCC(CC)NC1CC1c1ccc(CC(=O)c2ccc(-c3ccccc3)cc2)cc1. The van der Waals surface area contributed by atoms with Crippen molar-refractivity contribution in [1.82, 2.24) is 5.32 Å². The average molecular weight is 398 g/mol. The summed E-state index contributed by atoms with van der Waals surface area (Å²) in [4.78, 5) is 12.7.